The quantitative estimate of drug-likeness (QED) is 0.403. The number of benzene rings is 2. The van der Waals surface area contributed by atoms with Crippen molar-refractivity contribution in [1.82, 2.24) is 4.57 Å². The van der Waals surface area contributed by atoms with Gasteiger partial charge in [0.25, 0.3) is 10.3 Å². The highest BCUT2D eigenvalue weighted by Crippen LogP contribution is 2.21. The average molecular weight is 472 g/mol. The maximum atomic E-state index is 10.5. The molecule has 1 aromatic heterocycles. The number of aliphatic carboxylic acids is 1. The van der Waals surface area contributed by atoms with Crippen LogP contribution >= 0.6 is 23.2 Å². The second-order valence-corrected chi connectivity index (χ2v) is 7.12. The Labute approximate surface area is 179 Å². The summed E-state index contributed by atoms with van der Waals surface area (Å²) in [6, 6.07) is 14.6. The predicted octanol–water partition coefficient (Wildman–Crippen LogP) is 1.93. The van der Waals surface area contributed by atoms with Crippen molar-refractivity contribution in [2.24, 2.45) is 0 Å². The van der Waals surface area contributed by atoms with Crippen molar-refractivity contribution in [1.29, 1.82) is 0 Å². The molecule has 1 heterocycles. The number of hydrogen-bond donors (Lipinski definition) is 1. The first-order valence-electron chi connectivity index (χ1n) is 8.67. The van der Waals surface area contributed by atoms with Gasteiger partial charge in [0.2, 0.25) is 6.33 Å². The number of carboxylic acid groups (broad SMARTS) is 1. The molecule has 0 fully saturated rings. The number of rotatable bonds is 8. The Morgan fingerprint density at radius 1 is 1.04 bits per heavy atom. The molecule has 0 atom stereocenters. The summed E-state index contributed by atoms with van der Waals surface area (Å²) in [6.45, 7) is 1.37. The Kier molecular flexibility index (Phi) is 8.14. The van der Waals surface area contributed by atoms with E-state index in [0.717, 1.165) is 24.9 Å². The van der Waals surface area contributed by atoms with E-state index in [1.54, 1.807) is 0 Å². The number of fused-ring (bicyclic) bond motifs is 1. The summed E-state index contributed by atoms with van der Waals surface area (Å²) >= 11 is 12.8. The highest BCUT2D eigenvalue weighted by molar-refractivity contribution is 6.39. The zero-order chi connectivity index (χ0) is 18.5. The molecule has 0 bridgehead atoms. The standard InChI is InChI=1S/C20H20Cl2N2O2.BrH/c21-19-20(22)24(14-23(19)11-5-1-2-8-18(25)26)13-15-9-10-16-6-3-4-7-17(16)12-15;/h3-4,6-7,9-10,12,14H,1-2,5,8,11,13H2;1H. The Bertz CT molecular complexity index is 927. The zero-order valence-corrected chi connectivity index (χ0v) is 17.8. The van der Waals surface area contributed by atoms with Crippen LogP contribution in [0.5, 0.6) is 0 Å². The van der Waals surface area contributed by atoms with Crippen LogP contribution in [0.2, 0.25) is 10.3 Å². The van der Waals surface area contributed by atoms with E-state index in [1.165, 1.54) is 10.8 Å². The molecule has 2 aromatic carbocycles. The molecular weight excluding hydrogens is 451 g/mol. The molecular formula is C20H21BrCl2N2O2. The number of unbranched alkanes of at least 4 members (excludes halogenated alkanes) is 2. The lowest BCUT2D eigenvalue weighted by atomic mass is 10.1. The minimum Gasteiger partial charge on any atom is -1.00 e. The number of aromatic nitrogens is 2. The summed E-state index contributed by atoms with van der Waals surface area (Å²) in [4.78, 5) is 10.5. The van der Waals surface area contributed by atoms with Crippen LogP contribution in [-0.2, 0) is 17.9 Å². The van der Waals surface area contributed by atoms with Gasteiger partial charge in [0, 0.05) is 6.42 Å². The van der Waals surface area contributed by atoms with Gasteiger partial charge in [-0.2, -0.15) is 0 Å². The number of nitrogens with zero attached hydrogens (tertiary/aromatic N) is 2. The molecule has 0 radical (unpaired) electrons. The number of halogens is 3. The topological polar surface area (TPSA) is 46.1 Å². The van der Waals surface area contributed by atoms with Crippen LogP contribution in [0.4, 0.5) is 0 Å². The molecule has 144 valence electrons. The van der Waals surface area contributed by atoms with E-state index in [9.17, 15) is 4.79 Å². The van der Waals surface area contributed by atoms with Gasteiger partial charge < -0.3 is 22.1 Å². The van der Waals surface area contributed by atoms with E-state index in [1.807, 2.05) is 27.6 Å². The third-order valence-electron chi connectivity index (χ3n) is 4.41. The van der Waals surface area contributed by atoms with E-state index in [4.69, 9.17) is 28.3 Å². The number of aryl methyl sites for hydroxylation is 1. The highest BCUT2D eigenvalue weighted by Gasteiger charge is 2.20. The third-order valence-corrected chi connectivity index (χ3v) is 5.30. The van der Waals surface area contributed by atoms with Gasteiger partial charge in [-0.1, -0.05) is 36.4 Å². The minimum atomic E-state index is -0.750. The second-order valence-electron chi connectivity index (χ2n) is 6.40. The fourth-order valence-electron chi connectivity index (χ4n) is 3.04. The van der Waals surface area contributed by atoms with Crippen LogP contribution in [-0.4, -0.2) is 15.6 Å². The van der Waals surface area contributed by atoms with Crippen LogP contribution < -0.4 is 21.5 Å². The third kappa shape index (κ3) is 5.71. The van der Waals surface area contributed by atoms with E-state index >= 15 is 0 Å². The van der Waals surface area contributed by atoms with Crippen LogP contribution in [0.3, 0.4) is 0 Å². The van der Waals surface area contributed by atoms with Gasteiger partial charge in [0.05, 0.1) is 6.54 Å². The van der Waals surface area contributed by atoms with Gasteiger partial charge in [0.15, 0.2) is 0 Å². The average Bonchev–Trinajstić information content (AvgIpc) is 2.89. The van der Waals surface area contributed by atoms with Crippen molar-refractivity contribution in [3.05, 3.63) is 64.7 Å². The Morgan fingerprint density at radius 2 is 1.78 bits per heavy atom. The smallest absolute Gasteiger partial charge is 0.303 e. The number of hydrogen-bond acceptors (Lipinski definition) is 1. The van der Waals surface area contributed by atoms with Crippen molar-refractivity contribution in [2.75, 3.05) is 0 Å². The summed E-state index contributed by atoms with van der Waals surface area (Å²) < 4.78 is 3.86. The molecule has 0 aliphatic heterocycles. The van der Waals surface area contributed by atoms with Crippen molar-refractivity contribution >= 4 is 39.9 Å². The van der Waals surface area contributed by atoms with Gasteiger partial charge in [0.1, 0.15) is 6.54 Å². The van der Waals surface area contributed by atoms with E-state index in [-0.39, 0.29) is 23.4 Å². The first-order chi connectivity index (χ1) is 12.5. The normalized spacial score (nSPS) is 10.7. The summed E-state index contributed by atoms with van der Waals surface area (Å²) in [5.74, 6) is -0.750. The van der Waals surface area contributed by atoms with Gasteiger partial charge in [-0.3, -0.25) is 4.79 Å². The first kappa shape index (κ1) is 21.7. The van der Waals surface area contributed by atoms with Crippen molar-refractivity contribution in [2.45, 2.75) is 38.8 Å². The van der Waals surface area contributed by atoms with E-state index in [2.05, 4.69) is 30.3 Å². The molecule has 0 saturated heterocycles. The Hall–Kier alpha value is -1.56. The van der Waals surface area contributed by atoms with Crippen molar-refractivity contribution in [3.8, 4) is 0 Å². The lowest BCUT2D eigenvalue weighted by Gasteiger charge is -2.02. The predicted molar refractivity (Wildman–Crippen MR) is 104 cm³/mol. The number of imidazole rings is 1. The number of carboxylic acids is 1. The van der Waals surface area contributed by atoms with Gasteiger partial charge in [-0.05, 0) is 64.9 Å². The van der Waals surface area contributed by atoms with E-state index in [0.29, 0.717) is 23.3 Å². The molecule has 7 heteroatoms. The molecule has 4 nitrogen and oxygen atoms in total. The molecule has 0 unspecified atom stereocenters. The summed E-state index contributed by atoms with van der Waals surface area (Å²) in [7, 11) is 0. The monoisotopic (exact) mass is 470 g/mol. The highest BCUT2D eigenvalue weighted by atomic mass is 79.9. The fraction of sp³-hybridized carbons (Fsp3) is 0.300. The fourth-order valence-corrected chi connectivity index (χ4v) is 3.49. The molecule has 27 heavy (non-hydrogen) atoms. The van der Waals surface area contributed by atoms with Gasteiger partial charge in [-0.25, -0.2) is 9.13 Å². The molecule has 0 spiro atoms. The molecule has 0 aliphatic rings. The number of carbonyl (C=O) groups is 1. The summed E-state index contributed by atoms with van der Waals surface area (Å²) in [6.07, 6.45) is 4.54. The Balaban J connectivity index is 0.00000261. The second kappa shape index (κ2) is 10.1. The zero-order valence-electron chi connectivity index (χ0n) is 14.7. The Morgan fingerprint density at radius 3 is 2.52 bits per heavy atom. The lowest BCUT2D eigenvalue weighted by molar-refractivity contribution is -0.685. The van der Waals surface area contributed by atoms with Crippen LogP contribution in [0.15, 0.2) is 48.8 Å². The minimum absolute atomic E-state index is 0. The molecule has 0 saturated carbocycles. The van der Waals surface area contributed by atoms with Gasteiger partial charge >= 0.3 is 5.97 Å². The maximum absolute atomic E-state index is 10.5. The van der Waals surface area contributed by atoms with Crippen LogP contribution in [0, 0.1) is 0 Å². The van der Waals surface area contributed by atoms with E-state index < -0.39 is 5.97 Å². The van der Waals surface area contributed by atoms with Crippen LogP contribution in [0.25, 0.3) is 10.8 Å². The summed E-state index contributed by atoms with van der Waals surface area (Å²) in [5.41, 5.74) is 1.16. The molecule has 3 rings (SSSR count). The van der Waals surface area contributed by atoms with Gasteiger partial charge in [-0.15, -0.1) is 0 Å². The molecule has 3 aromatic rings. The van der Waals surface area contributed by atoms with Crippen molar-refractivity contribution in [3.63, 3.8) is 0 Å². The molecule has 1 N–H and O–H groups in total. The lowest BCUT2D eigenvalue weighted by Crippen LogP contribution is -3.00. The van der Waals surface area contributed by atoms with Crippen molar-refractivity contribution < 1.29 is 31.4 Å². The maximum Gasteiger partial charge on any atom is 0.303 e. The SMILES string of the molecule is O=C(O)CCCCCn1c[n+](Cc2ccc3ccccc3c2)c(Cl)c1Cl.[Br-]. The largest absolute Gasteiger partial charge is 1.00 e. The molecule has 0 amide bonds. The first-order valence-corrected chi connectivity index (χ1v) is 9.43. The molecule has 0 aliphatic carbocycles. The van der Waals surface area contributed by atoms with Crippen LogP contribution in [0.1, 0.15) is 31.2 Å². The summed E-state index contributed by atoms with van der Waals surface area (Å²) in [5, 5.41) is 12.1.